The summed E-state index contributed by atoms with van der Waals surface area (Å²) in [6.07, 6.45) is 5.34. The molecule has 0 saturated carbocycles. The van der Waals surface area contributed by atoms with Crippen molar-refractivity contribution >= 4 is 40.3 Å². The first-order valence-corrected chi connectivity index (χ1v) is 18.4. The van der Waals surface area contributed by atoms with Gasteiger partial charge in [-0.15, -0.1) is 0 Å². The van der Waals surface area contributed by atoms with Crippen LogP contribution in [0.1, 0.15) is 61.5 Å². The molecule has 3 N–H and O–H groups in total. The van der Waals surface area contributed by atoms with Crippen LogP contribution in [0.5, 0.6) is 17.2 Å². The number of para-hydroxylation sites is 2. The highest BCUT2D eigenvalue weighted by Crippen LogP contribution is 2.50. The van der Waals surface area contributed by atoms with Crippen molar-refractivity contribution in [1.29, 1.82) is 0 Å². The number of methoxy groups -OCH3 is 3. The fourth-order valence-corrected chi connectivity index (χ4v) is 7.74. The number of benzene rings is 2. The molecule has 3 aromatic carbocycles. The number of nitrogens with zero attached hydrogens (tertiary/aromatic N) is 2. The van der Waals surface area contributed by atoms with Gasteiger partial charge >= 0.3 is 0 Å². The maximum absolute atomic E-state index is 14.1. The summed E-state index contributed by atoms with van der Waals surface area (Å²) in [5, 5.41) is 6.40. The summed E-state index contributed by atoms with van der Waals surface area (Å²) in [5.74, 6) is 3.21. The number of aryl methyl sites for hydroxylation is 1. The van der Waals surface area contributed by atoms with Gasteiger partial charge in [0.2, 0.25) is 23.0 Å². The number of carbonyl (C=O) groups excluding carboxylic acids is 2. The van der Waals surface area contributed by atoms with Gasteiger partial charge in [-0.05, 0) is 91.1 Å². The van der Waals surface area contributed by atoms with Gasteiger partial charge in [0.15, 0.2) is 11.5 Å². The molecule has 0 bridgehead atoms. The minimum Gasteiger partial charge on any atom is -0.493 e. The number of piperidine rings is 1. The van der Waals surface area contributed by atoms with Gasteiger partial charge in [-0.25, -0.2) is 4.98 Å². The lowest BCUT2D eigenvalue weighted by Crippen LogP contribution is -2.47. The molecule has 264 valence electrons. The van der Waals surface area contributed by atoms with E-state index >= 15 is 0 Å². The van der Waals surface area contributed by atoms with E-state index in [1.54, 1.807) is 45.2 Å². The molecule has 0 spiro atoms. The number of thioether (sulfide) groups is 1. The van der Waals surface area contributed by atoms with E-state index in [4.69, 9.17) is 19.2 Å². The summed E-state index contributed by atoms with van der Waals surface area (Å²) in [6, 6.07) is 14.1. The number of hydrogen-bond acceptors (Lipinski definition) is 9. The first kappa shape index (κ1) is 35.1. The number of imidazole rings is 1. The first-order chi connectivity index (χ1) is 24.3. The van der Waals surface area contributed by atoms with Crippen LogP contribution in [-0.4, -0.2) is 79.2 Å². The maximum atomic E-state index is 14.1. The highest BCUT2D eigenvalue weighted by molar-refractivity contribution is 7.98. The van der Waals surface area contributed by atoms with Gasteiger partial charge in [-0.1, -0.05) is 18.2 Å². The molecule has 2 heterocycles. The van der Waals surface area contributed by atoms with Gasteiger partial charge in [-0.2, -0.15) is 11.8 Å². The second-order valence-corrected chi connectivity index (χ2v) is 13.8. The van der Waals surface area contributed by atoms with Crippen molar-refractivity contribution in [3.8, 4) is 28.4 Å². The van der Waals surface area contributed by atoms with E-state index in [1.165, 1.54) is 6.92 Å². The van der Waals surface area contributed by atoms with Gasteiger partial charge in [0.1, 0.15) is 11.9 Å². The van der Waals surface area contributed by atoms with Crippen LogP contribution in [0.15, 0.2) is 53.3 Å². The third-order valence-corrected chi connectivity index (χ3v) is 10.4. The van der Waals surface area contributed by atoms with Crippen LogP contribution < -0.4 is 30.3 Å². The summed E-state index contributed by atoms with van der Waals surface area (Å²) in [6.45, 7) is 2.69. The molecule has 1 fully saturated rings. The van der Waals surface area contributed by atoms with Crippen molar-refractivity contribution in [1.82, 2.24) is 20.2 Å². The number of anilines is 1. The Hall–Kier alpha value is -4.71. The summed E-state index contributed by atoms with van der Waals surface area (Å²) in [5.41, 5.74) is 5.15. The molecule has 6 rings (SSSR count). The number of hydrogen-bond donors (Lipinski definition) is 3. The molecule has 1 aliphatic heterocycles. The maximum Gasteiger partial charge on any atom is 0.245 e. The Balaban J connectivity index is 1.31. The zero-order valence-corrected chi connectivity index (χ0v) is 30.1. The average molecular weight is 700 g/mol. The monoisotopic (exact) mass is 699 g/mol. The van der Waals surface area contributed by atoms with Crippen LogP contribution in [0.4, 0.5) is 5.69 Å². The Kier molecular flexibility index (Phi) is 10.9. The minimum atomic E-state index is -0.586. The predicted octanol–water partition coefficient (Wildman–Crippen LogP) is 5.68. The molecule has 2 amide bonds. The molecule has 12 heteroatoms. The first-order valence-electron chi connectivity index (χ1n) is 17.0. The molecule has 0 radical (unpaired) electrons. The number of ether oxygens (including phenoxy) is 3. The summed E-state index contributed by atoms with van der Waals surface area (Å²) >= 11 is 1.66. The predicted molar refractivity (Wildman–Crippen MR) is 198 cm³/mol. The molecular weight excluding hydrogens is 655 g/mol. The number of H-pyrrole nitrogens is 1. The third kappa shape index (κ3) is 7.12. The Bertz CT molecular complexity index is 1910. The fourth-order valence-electron chi connectivity index (χ4n) is 7.27. The highest BCUT2D eigenvalue weighted by atomic mass is 32.2. The summed E-state index contributed by atoms with van der Waals surface area (Å²) in [7, 11) is 4.71. The van der Waals surface area contributed by atoms with Crippen LogP contribution in [-0.2, 0) is 16.0 Å². The number of aromatic amines is 1. The lowest BCUT2D eigenvalue weighted by Gasteiger charge is -2.34. The molecule has 1 saturated heterocycles. The molecule has 4 aromatic rings. The van der Waals surface area contributed by atoms with Crippen molar-refractivity contribution < 1.29 is 23.8 Å². The minimum absolute atomic E-state index is 0.0189. The van der Waals surface area contributed by atoms with Crippen LogP contribution in [0.2, 0.25) is 0 Å². The zero-order valence-electron chi connectivity index (χ0n) is 29.3. The number of rotatable bonds is 11. The van der Waals surface area contributed by atoms with Crippen molar-refractivity contribution in [2.24, 2.45) is 0 Å². The number of fused-ring (bicyclic) bond motifs is 4. The Morgan fingerprint density at radius 3 is 2.46 bits per heavy atom. The van der Waals surface area contributed by atoms with E-state index in [9.17, 15) is 14.4 Å². The summed E-state index contributed by atoms with van der Waals surface area (Å²) in [4.78, 5) is 50.6. The molecule has 2 aliphatic rings. The summed E-state index contributed by atoms with van der Waals surface area (Å²) < 4.78 is 17.3. The second kappa shape index (κ2) is 15.5. The average Bonchev–Trinajstić information content (AvgIpc) is 3.43. The van der Waals surface area contributed by atoms with Crippen LogP contribution in [0, 0.1) is 0 Å². The number of likely N-dealkylation sites (tertiary alicyclic amines) is 1. The smallest absolute Gasteiger partial charge is 0.245 e. The lowest BCUT2D eigenvalue weighted by atomic mass is 9.95. The standard InChI is InChI=1S/C38H45N5O6S/c1-22(44)39-27-12-10-24-20-33(47-2)35(48-3)36(49-4)34(24)25-11-13-30(32(45)21-26(25)27)40-31(16-19-50-5)38(46)43-17-14-23(15-18-43)37-41-28-8-6-7-9-29(28)42-37/h6-9,11,13,20-21,23,27,31H,10,12,14-19H2,1-5H3,(H,39,44)(H,40,45)(H,41,42)/t27-,31-/m0/s1. The highest BCUT2D eigenvalue weighted by Gasteiger charge is 2.32. The van der Waals surface area contributed by atoms with Gasteiger partial charge in [-0.3, -0.25) is 14.4 Å². The molecule has 1 aliphatic carbocycles. The van der Waals surface area contributed by atoms with Gasteiger partial charge in [0.25, 0.3) is 0 Å². The van der Waals surface area contributed by atoms with Crippen molar-refractivity contribution in [3.63, 3.8) is 0 Å². The van der Waals surface area contributed by atoms with Gasteiger partial charge < -0.3 is 34.7 Å². The lowest BCUT2D eigenvalue weighted by molar-refractivity contribution is -0.133. The Morgan fingerprint density at radius 1 is 1.02 bits per heavy atom. The Labute approximate surface area is 296 Å². The van der Waals surface area contributed by atoms with E-state index < -0.39 is 12.1 Å². The van der Waals surface area contributed by atoms with Crippen molar-refractivity contribution in [2.45, 2.75) is 57.0 Å². The van der Waals surface area contributed by atoms with E-state index in [2.05, 4.69) is 15.6 Å². The molecule has 0 unspecified atom stereocenters. The largest absolute Gasteiger partial charge is 0.493 e. The molecular formula is C38H45N5O6S. The van der Waals surface area contributed by atoms with Crippen LogP contribution in [0.3, 0.4) is 0 Å². The SMILES string of the molecule is COc1cc2c(c(OC)c1OC)-c1ccc(N[C@@H](CCSC)C(=O)N3CCC(c4nc5ccccc5[nH]4)CC3)c(=O)cc1[C@@H](NC(C)=O)CC2. The van der Waals surface area contributed by atoms with E-state index in [1.807, 2.05) is 47.6 Å². The van der Waals surface area contributed by atoms with Gasteiger partial charge in [0.05, 0.1) is 44.1 Å². The van der Waals surface area contributed by atoms with E-state index in [0.29, 0.717) is 60.9 Å². The molecule has 2 atom stereocenters. The topological polar surface area (TPSA) is 135 Å². The molecule has 11 nitrogen and oxygen atoms in total. The molecule has 1 aromatic heterocycles. The van der Waals surface area contributed by atoms with Crippen LogP contribution in [0.25, 0.3) is 22.2 Å². The molecule has 50 heavy (non-hydrogen) atoms. The number of amides is 2. The number of nitrogens with one attached hydrogen (secondary N) is 3. The quantitative estimate of drug-likeness (QED) is 0.181. The van der Waals surface area contributed by atoms with Gasteiger partial charge in [0, 0.05) is 31.5 Å². The van der Waals surface area contributed by atoms with E-state index in [-0.39, 0.29) is 23.2 Å². The van der Waals surface area contributed by atoms with E-state index in [0.717, 1.165) is 52.1 Å². The Morgan fingerprint density at radius 2 is 1.78 bits per heavy atom. The normalized spacial score (nSPS) is 16.5. The van der Waals surface area contributed by atoms with Crippen molar-refractivity contribution in [3.05, 3.63) is 75.7 Å². The van der Waals surface area contributed by atoms with Crippen molar-refractivity contribution in [2.75, 3.05) is 51.7 Å². The third-order valence-electron chi connectivity index (χ3n) is 9.76. The second-order valence-electron chi connectivity index (χ2n) is 12.8. The number of aromatic nitrogens is 2. The fraction of sp³-hybridized carbons (Fsp3) is 0.421. The zero-order chi connectivity index (χ0) is 35.4. The number of carbonyl (C=O) groups is 2. The van der Waals surface area contributed by atoms with Crippen LogP contribution >= 0.6 is 11.8 Å².